The molecule has 0 bridgehead atoms. The predicted octanol–water partition coefficient (Wildman–Crippen LogP) is 1.65. The molecule has 18 heavy (non-hydrogen) atoms. The smallest absolute Gasteiger partial charge is 0.253 e. The van der Waals surface area contributed by atoms with Crippen LogP contribution in [0.2, 0.25) is 0 Å². The van der Waals surface area contributed by atoms with Gasteiger partial charge >= 0.3 is 0 Å². The lowest BCUT2D eigenvalue weighted by molar-refractivity contribution is -0.133. The molecule has 1 rings (SSSR count). The van der Waals surface area contributed by atoms with Gasteiger partial charge in [-0.3, -0.25) is 4.79 Å². The molecule has 0 saturated carbocycles. The molecule has 0 saturated heterocycles. The number of hydrogen-bond acceptors (Lipinski definition) is 3. The van der Waals surface area contributed by atoms with Crippen LogP contribution in [0.3, 0.4) is 0 Å². The fourth-order valence-electron chi connectivity index (χ4n) is 1.52. The number of nitrogens with two attached hydrogens (primary N) is 1. The molecule has 3 N–H and O–H groups in total. The molecule has 0 heterocycles. The zero-order valence-corrected chi connectivity index (χ0v) is 11.4. The van der Waals surface area contributed by atoms with Crippen molar-refractivity contribution in [2.75, 3.05) is 19.7 Å². The van der Waals surface area contributed by atoms with Crippen LogP contribution in [-0.2, 0) is 9.53 Å². The Kier molecular flexibility index (Phi) is 9.28. The highest BCUT2D eigenvalue weighted by Crippen LogP contribution is 2.16. The van der Waals surface area contributed by atoms with E-state index in [2.05, 4.69) is 5.32 Å². The molecule has 0 aliphatic rings. The minimum absolute atomic E-state index is 0. The molecule has 0 spiro atoms. The maximum absolute atomic E-state index is 11.9. The second kappa shape index (κ2) is 9.88. The number of ether oxygens (including phenoxy) is 1. The molecule has 5 heteroatoms. The van der Waals surface area contributed by atoms with Crippen LogP contribution in [-0.4, -0.2) is 25.6 Å². The van der Waals surface area contributed by atoms with Gasteiger partial charge in [0.05, 0.1) is 0 Å². The predicted molar refractivity (Wildman–Crippen MR) is 74.7 cm³/mol. The number of amides is 1. The van der Waals surface area contributed by atoms with E-state index in [1.165, 1.54) is 0 Å². The second-order valence-electron chi connectivity index (χ2n) is 3.68. The lowest BCUT2D eigenvalue weighted by Crippen LogP contribution is -2.32. The van der Waals surface area contributed by atoms with Gasteiger partial charge in [0.15, 0.2) is 6.10 Å². The van der Waals surface area contributed by atoms with Crippen LogP contribution in [0.5, 0.6) is 0 Å². The summed E-state index contributed by atoms with van der Waals surface area (Å²) in [4.78, 5) is 11.9. The van der Waals surface area contributed by atoms with E-state index >= 15 is 0 Å². The Hall–Kier alpha value is -1.10. The summed E-state index contributed by atoms with van der Waals surface area (Å²) >= 11 is 0. The Balaban J connectivity index is 0.00000289. The normalized spacial score (nSPS) is 11.4. The Morgan fingerprint density at radius 3 is 2.61 bits per heavy atom. The van der Waals surface area contributed by atoms with E-state index < -0.39 is 6.10 Å². The highest BCUT2D eigenvalue weighted by molar-refractivity contribution is 5.85. The van der Waals surface area contributed by atoms with Crippen LogP contribution in [0.4, 0.5) is 0 Å². The number of carbonyl (C=O) groups excluding carboxylic acids is 1. The Morgan fingerprint density at radius 2 is 2.06 bits per heavy atom. The molecule has 1 amide bonds. The average molecular weight is 273 g/mol. The van der Waals surface area contributed by atoms with E-state index in [1.54, 1.807) is 0 Å². The van der Waals surface area contributed by atoms with Gasteiger partial charge in [-0.15, -0.1) is 12.4 Å². The van der Waals surface area contributed by atoms with E-state index in [0.29, 0.717) is 19.7 Å². The maximum atomic E-state index is 11.9. The van der Waals surface area contributed by atoms with Gasteiger partial charge in [0.25, 0.3) is 5.91 Å². The van der Waals surface area contributed by atoms with Gasteiger partial charge in [-0.2, -0.15) is 0 Å². The number of benzene rings is 1. The average Bonchev–Trinajstić information content (AvgIpc) is 2.37. The van der Waals surface area contributed by atoms with Gasteiger partial charge in [-0.1, -0.05) is 30.3 Å². The van der Waals surface area contributed by atoms with Crippen molar-refractivity contribution in [3.63, 3.8) is 0 Å². The van der Waals surface area contributed by atoms with Crippen LogP contribution in [0, 0.1) is 0 Å². The molecule has 1 aromatic carbocycles. The largest absolute Gasteiger partial charge is 0.364 e. The van der Waals surface area contributed by atoms with E-state index in [9.17, 15) is 4.79 Å². The SMILES string of the molecule is CCOC(C(=O)NCCCN)c1ccccc1.Cl. The molecule has 0 aliphatic carbocycles. The summed E-state index contributed by atoms with van der Waals surface area (Å²) in [5.41, 5.74) is 6.25. The molecule has 1 aromatic rings. The van der Waals surface area contributed by atoms with Crippen LogP contribution in [0.25, 0.3) is 0 Å². The molecular weight excluding hydrogens is 252 g/mol. The second-order valence-corrected chi connectivity index (χ2v) is 3.68. The first-order valence-corrected chi connectivity index (χ1v) is 5.94. The van der Waals surface area contributed by atoms with Crippen molar-refractivity contribution in [3.8, 4) is 0 Å². The minimum atomic E-state index is -0.529. The summed E-state index contributed by atoms with van der Waals surface area (Å²) in [7, 11) is 0. The molecule has 4 nitrogen and oxygen atoms in total. The topological polar surface area (TPSA) is 64.3 Å². The molecule has 102 valence electrons. The molecule has 1 unspecified atom stereocenters. The fraction of sp³-hybridized carbons (Fsp3) is 0.462. The van der Waals surface area contributed by atoms with Crippen molar-refractivity contribution in [2.24, 2.45) is 5.73 Å². The summed E-state index contributed by atoms with van der Waals surface area (Å²) in [5, 5.41) is 2.82. The van der Waals surface area contributed by atoms with Crippen LogP contribution < -0.4 is 11.1 Å². The van der Waals surface area contributed by atoms with E-state index in [-0.39, 0.29) is 18.3 Å². The quantitative estimate of drug-likeness (QED) is 0.742. The van der Waals surface area contributed by atoms with Crippen molar-refractivity contribution in [2.45, 2.75) is 19.4 Å². The van der Waals surface area contributed by atoms with E-state index in [0.717, 1.165) is 12.0 Å². The van der Waals surface area contributed by atoms with Crippen molar-refractivity contribution >= 4 is 18.3 Å². The number of rotatable bonds is 7. The molecular formula is C13H21ClN2O2. The molecule has 0 aliphatic heterocycles. The van der Waals surface area contributed by atoms with Gasteiger partial charge in [-0.05, 0) is 25.5 Å². The Morgan fingerprint density at radius 1 is 1.39 bits per heavy atom. The van der Waals surface area contributed by atoms with Crippen LogP contribution >= 0.6 is 12.4 Å². The minimum Gasteiger partial charge on any atom is -0.364 e. The monoisotopic (exact) mass is 272 g/mol. The number of hydrogen-bond donors (Lipinski definition) is 2. The Bertz CT molecular complexity index is 333. The highest BCUT2D eigenvalue weighted by Gasteiger charge is 2.19. The third kappa shape index (κ3) is 5.49. The van der Waals surface area contributed by atoms with Gasteiger partial charge in [0, 0.05) is 13.2 Å². The summed E-state index contributed by atoms with van der Waals surface area (Å²) < 4.78 is 5.48. The summed E-state index contributed by atoms with van der Waals surface area (Å²) in [6, 6.07) is 9.49. The van der Waals surface area contributed by atoms with Gasteiger partial charge in [0.2, 0.25) is 0 Å². The first-order valence-electron chi connectivity index (χ1n) is 5.94. The van der Waals surface area contributed by atoms with E-state index in [1.807, 2.05) is 37.3 Å². The molecule has 0 radical (unpaired) electrons. The highest BCUT2D eigenvalue weighted by atomic mass is 35.5. The van der Waals surface area contributed by atoms with Crippen LogP contribution in [0.15, 0.2) is 30.3 Å². The van der Waals surface area contributed by atoms with E-state index in [4.69, 9.17) is 10.5 Å². The maximum Gasteiger partial charge on any atom is 0.253 e. The lowest BCUT2D eigenvalue weighted by atomic mass is 10.1. The third-order valence-electron chi connectivity index (χ3n) is 2.35. The summed E-state index contributed by atoms with van der Waals surface area (Å²) in [6.45, 7) is 3.55. The first-order chi connectivity index (χ1) is 8.29. The first kappa shape index (κ1) is 16.9. The zero-order valence-electron chi connectivity index (χ0n) is 10.6. The van der Waals surface area contributed by atoms with Gasteiger partial charge < -0.3 is 15.8 Å². The van der Waals surface area contributed by atoms with Crippen molar-refractivity contribution in [1.29, 1.82) is 0 Å². The summed E-state index contributed by atoms with van der Waals surface area (Å²) in [6.07, 6.45) is 0.248. The Labute approximate surface area is 114 Å². The number of nitrogens with one attached hydrogen (secondary N) is 1. The summed E-state index contributed by atoms with van der Waals surface area (Å²) in [5.74, 6) is -0.105. The number of halogens is 1. The molecule has 0 fully saturated rings. The zero-order chi connectivity index (χ0) is 12.5. The van der Waals surface area contributed by atoms with Gasteiger partial charge in [-0.25, -0.2) is 0 Å². The molecule has 0 aromatic heterocycles. The van der Waals surface area contributed by atoms with Crippen molar-refractivity contribution in [1.82, 2.24) is 5.32 Å². The van der Waals surface area contributed by atoms with Crippen molar-refractivity contribution < 1.29 is 9.53 Å². The standard InChI is InChI=1S/C13H20N2O2.ClH/c1-2-17-12(11-7-4-3-5-8-11)13(16)15-10-6-9-14;/h3-5,7-8,12H,2,6,9-10,14H2,1H3,(H,15,16);1H. The van der Waals surface area contributed by atoms with Gasteiger partial charge in [0.1, 0.15) is 0 Å². The number of carbonyl (C=O) groups is 1. The van der Waals surface area contributed by atoms with Crippen molar-refractivity contribution in [3.05, 3.63) is 35.9 Å². The lowest BCUT2D eigenvalue weighted by Gasteiger charge is -2.17. The van der Waals surface area contributed by atoms with Crippen LogP contribution in [0.1, 0.15) is 25.0 Å². The molecule has 1 atom stereocenters. The third-order valence-corrected chi connectivity index (χ3v) is 2.35. The fourth-order valence-corrected chi connectivity index (χ4v) is 1.52.